The fourth-order valence-electron chi connectivity index (χ4n) is 1.63. The Kier molecular flexibility index (Phi) is 4.57. The number of benzene rings is 2. The smallest absolute Gasteiger partial charge is 0.185 e. The summed E-state index contributed by atoms with van der Waals surface area (Å²) in [4.78, 5) is 12.0. The first-order valence-corrected chi connectivity index (χ1v) is 6.53. The molecule has 0 fully saturated rings. The van der Waals surface area contributed by atoms with E-state index in [1.54, 1.807) is 48.5 Å². The molecule has 0 bridgehead atoms. The molecule has 0 atom stereocenters. The monoisotopic (exact) mass is 301 g/mol. The van der Waals surface area contributed by atoms with E-state index in [9.17, 15) is 4.79 Å². The van der Waals surface area contributed by atoms with E-state index in [-0.39, 0.29) is 5.78 Å². The van der Waals surface area contributed by atoms with E-state index in [2.05, 4.69) is 0 Å². The van der Waals surface area contributed by atoms with E-state index in [0.29, 0.717) is 21.2 Å². The van der Waals surface area contributed by atoms with Crippen LogP contribution < -0.4 is 0 Å². The number of carbonyl (C=O) groups is 1. The number of allylic oxidation sites excluding steroid dienone is 1. The number of nitrogens with zero attached hydrogens (tertiary/aromatic N) is 1. The van der Waals surface area contributed by atoms with Gasteiger partial charge in [-0.25, -0.2) is 0 Å². The third kappa shape index (κ3) is 3.48. The average Bonchev–Trinajstić information content (AvgIpc) is 2.48. The van der Waals surface area contributed by atoms with Crippen molar-refractivity contribution >= 4 is 35.1 Å². The van der Waals surface area contributed by atoms with E-state index in [0.717, 1.165) is 5.56 Å². The highest BCUT2D eigenvalue weighted by Gasteiger charge is 2.03. The van der Waals surface area contributed by atoms with Crippen molar-refractivity contribution in [3.8, 4) is 6.07 Å². The summed E-state index contributed by atoms with van der Waals surface area (Å²) in [6, 6.07) is 13.7. The van der Waals surface area contributed by atoms with Crippen LogP contribution in [-0.2, 0) is 0 Å². The third-order valence-corrected chi connectivity index (χ3v) is 3.39. The zero-order chi connectivity index (χ0) is 14.5. The average molecular weight is 302 g/mol. The second-order valence-electron chi connectivity index (χ2n) is 4.06. The number of halogens is 2. The Bertz CT molecular complexity index is 729. The maximum absolute atomic E-state index is 12.0. The van der Waals surface area contributed by atoms with Crippen molar-refractivity contribution in [3.05, 3.63) is 75.3 Å². The summed E-state index contributed by atoms with van der Waals surface area (Å²) in [6.07, 6.45) is 3.10. The van der Waals surface area contributed by atoms with Gasteiger partial charge in [0.25, 0.3) is 0 Å². The Labute approximate surface area is 126 Å². The molecule has 2 nitrogen and oxygen atoms in total. The number of rotatable bonds is 3. The maximum Gasteiger partial charge on any atom is 0.185 e. The molecular formula is C16H9Cl2NO. The minimum Gasteiger partial charge on any atom is -0.289 e. The van der Waals surface area contributed by atoms with Crippen LogP contribution in [0.1, 0.15) is 21.5 Å². The highest BCUT2D eigenvalue weighted by molar-refractivity contribution is 6.42. The van der Waals surface area contributed by atoms with Gasteiger partial charge in [0.2, 0.25) is 0 Å². The van der Waals surface area contributed by atoms with E-state index >= 15 is 0 Å². The van der Waals surface area contributed by atoms with E-state index in [4.69, 9.17) is 28.5 Å². The summed E-state index contributed by atoms with van der Waals surface area (Å²) >= 11 is 11.7. The van der Waals surface area contributed by atoms with Crippen molar-refractivity contribution in [2.45, 2.75) is 0 Å². The first-order chi connectivity index (χ1) is 9.60. The van der Waals surface area contributed by atoms with E-state index in [1.165, 1.54) is 6.08 Å². The van der Waals surface area contributed by atoms with Gasteiger partial charge in [0.15, 0.2) is 5.78 Å². The summed E-state index contributed by atoms with van der Waals surface area (Å²) in [5.41, 5.74) is 1.71. The number of carbonyl (C=O) groups excluding carboxylic acids is 1. The lowest BCUT2D eigenvalue weighted by atomic mass is 10.1. The molecule has 2 aromatic carbocycles. The molecule has 2 aromatic rings. The lowest BCUT2D eigenvalue weighted by Gasteiger charge is -1.98. The van der Waals surface area contributed by atoms with Crippen LogP contribution in [0.3, 0.4) is 0 Å². The predicted octanol–water partition coefficient (Wildman–Crippen LogP) is 4.76. The topological polar surface area (TPSA) is 40.9 Å². The van der Waals surface area contributed by atoms with Crippen molar-refractivity contribution in [2.75, 3.05) is 0 Å². The molecule has 98 valence electrons. The van der Waals surface area contributed by atoms with Gasteiger partial charge in [0, 0.05) is 5.56 Å². The molecule has 0 N–H and O–H groups in total. The van der Waals surface area contributed by atoms with Gasteiger partial charge >= 0.3 is 0 Å². The van der Waals surface area contributed by atoms with Gasteiger partial charge in [-0.15, -0.1) is 0 Å². The Hall–Kier alpha value is -2.08. The van der Waals surface area contributed by atoms with E-state index < -0.39 is 0 Å². The second-order valence-corrected chi connectivity index (χ2v) is 4.88. The normalized spacial score (nSPS) is 10.4. The van der Waals surface area contributed by atoms with Crippen molar-refractivity contribution in [3.63, 3.8) is 0 Å². The van der Waals surface area contributed by atoms with Crippen LogP contribution in [0, 0.1) is 11.3 Å². The molecule has 0 aliphatic carbocycles. The Balaban J connectivity index is 2.20. The Morgan fingerprint density at radius 3 is 2.60 bits per heavy atom. The quantitative estimate of drug-likeness (QED) is 0.606. The van der Waals surface area contributed by atoms with Crippen LogP contribution in [0.25, 0.3) is 6.08 Å². The molecule has 0 heterocycles. The van der Waals surface area contributed by atoms with Crippen molar-refractivity contribution < 1.29 is 4.79 Å². The van der Waals surface area contributed by atoms with Crippen molar-refractivity contribution in [1.82, 2.24) is 0 Å². The number of hydrogen-bond donors (Lipinski definition) is 0. The zero-order valence-electron chi connectivity index (χ0n) is 10.3. The maximum atomic E-state index is 12.0. The van der Waals surface area contributed by atoms with Crippen LogP contribution in [-0.4, -0.2) is 5.78 Å². The molecule has 0 aromatic heterocycles. The fraction of sp³-hybridized carbons (Fsp3) is 0. The van der Waals surface area contributed by atoms with Crippen LogP contribution in [0.15, 0.2) is 48.5 Å². The Morgan fingerprint density at radius 1 is 1.10 bits per heavy atom. The number of ketones is 1. The molecule has 0 unspecified atom stereocenters. The third-order valence-electron chi connectivity index (χ3n) is 2.65. The molecule has 2 rings (SSSR count). The van der Waals surface area contributed by atoms with Crippen LogP contribution in [0.5, 0.6) is 0 Å². The second kappa shape index (κ2) is 6.38. The number of hydrogen-bond acceptors (Lipinski definition) is 2. The lowest BCUT2D eigenvalue weighted by Crippen LogP contribution is -1.94. The van der Waals surface area contributed by atoms with Gasteiger partial charge in [0.1, 0.15) is 0 Å². The zero-order valence-corrected chi connectivity index (χ0v) is 11.8. The highest BCUT2D eigenvalue weighted by atomic mass is 35.5. The van der Waals surface area contributed by atoms with E-state index in [1.807, 2.05) is 6.07 Å². The first-order valence-electron chi connectivity index (χ1n) is 5.78. The summed E-state index contributed by atoms with van der Waals surface area (Å²) in [5, 5.41) is 9.71. The minimum absolute atomic E-state index is 0.173. The summed E-state index contributed by atoms with van der Waals surface area (Å²) in [6.45, 7) is 0. The fourth-order valence-corrected chi connectivity index (χ4v) is 1.93. The van der Waals surface area contributed by atoms with Crippen LogP contribution in [0.2, 0.25) is 10.0 Å². The number of nitriles is 1. The minimum atomic E-state index is -0.173. The molecule has 0 amide bonds. The molecule has 20 heavy (non-hydrogen) atoms. The van der Waals surface area contributed by atoms with Crippen molar-refractivity contribution in [2.24, 2.45) is 0 Å². The molecule has 0 saturated carbocycles. The summed E-state index contributed by atoms with van der Waals surface area (Å²) in [5.74, 6) is -0.173. The summed E-state index contributed by atoms with van der Waals surface area (Å²) < 4.78 is 0. The van der Waals surface area contributed by atoms with Gasteiger partial charge in [-0.05, 0) is 35.9 Å². The van der Waals surface area contributed by atoms with Gasteiger partial charge in [-0.1, -0.05) is 47.5 Å². The van der Waals surface area contributed by atoms with Gasteiger partial charge in [0.05, 0.1) is 21.7 Å². The molecule has 0 radical (unpaired) electrons. The highest BCUT2D eigenvalue weighted by Crippen LogP contribution is 2.23. The van der Waals surface area contributed by atoms with Crippen molar-refractivity contribution in [1.29, 1.82) is 5.26 Å². The predicted molar refractivity (Wildman–Crippen MR) is 81.0 cm³/mol. The van der Waals surface area contributed by atoms with Gasteiger partial charge in [-0.3, -0.25) is 4.79 Å². The van der Waals surface area contributed by atoms with Gasteiger partial charge in [-0.2, -0.15) is 5.26 Å². The van der Waals surface area contributed by atoms with Crippen LogP contribution >= 0.6 is 23.2 Å². The largest absolute Gasteiger partial charge is 0.289 e. The molecule has 0 aliphatic heterocycles. The Morgan fingerprint density at radius 2 is 1.90 bits per heavy atom. The first kappa shape index (κ1) is 14.3. The standard InChI is InChI=1S/C16H9Cl2NO/c17-14-6-4-11(9-15(14)18)5-7-16(20)13-3-1-2-12(8-13)10-19/h1-9H/b7-5+. The molecular weight excluding hydrogens is 293 g/mol. The van der Waals surface area contributed by atoms with Crippen LogP contribution in [0.4, 0.5) is 0 Å². The molecule has 0 spiro atoms. The SMILES string of the molecule is N#Cc1cccc(C(=O)/C=C/c2ccc(Cl)c(Cl)c2)c1. The molecule has 0 saturated heterocycles. The van der Waals surface area contributed by atoms with Gasteiger partial charge < -0.3 is 0 Å². The molecule has 4 heteroatoms. The lowest BCUT2D eigenvalue weighted by molar-refractivity contribution is 0.104. The summed E-state index contributed by atoms with van der Waals surface area (Å²) in [7, 11) is 0. The molecule has 0 aliphatic rings.